The number of sulfone groups is 1. The Morgan fingerprint density at radius 2 is 1.68 bits per heavy atom. The van der Waals surface area contributed by atoms with Crippen molar-refractivity contribution in [3.63, 3.8) is 0 Å². The Kier molecular flexibility index (Phi) is 7.58. The zero-order valence-electron chi connectivity index (χ0n) is 24.5. The van der Waals surface area contributed by atoms with Gasteiger partial charge in [0.05, 0.1) is 9.64 Å². The van der Waals surface area contributed by atoms with Gasteiger partial charge >= 0.3 is 0 Å². The maximum absolute atomic E-state index is 13.9. The first kappa shape index (κ1) is 28.2. The highest BCUT2D eigenvalue weighted by molar-refractivity contribution is 7.93. The van der Waals surface area contributed by atoms with Gasteiger partial charge in [-0.05, 0) is 99.1 Å². The summed E-state index contributed by atoms with van der Waals surface area (Å²) in [5.41, 5.74) is 6.23. The van der Waals surface area contributed by atoms with Gasteiger partial charge in [0, 0.05) is 30.7 Å². The van der Waals surface area contributed by atoms with Crippen molar-refractivity contribution in [3.05, 3.63) is 100 Å². The van der Waals surface area contributed by atoms with Gasteiger partial charge in [-0.25, -0.2) is 8.42 Å². The second-order valence-corrected chi connectivity index (χ2v) is 15.0. The van der Waals surface area contributed by atoms with Crippen LogP contribution in [0.25, 0.3) is 0 Å². The molecule has 6 heteroatoms. The summed E-state index contributed by atoms with van der Waals surface area (Å²) in [6, 6.07) is 23.7. The number of likely N-dealkylation sites (tertiary alicyclic amines) is 1. The van der Waals surface area contributed by atoms with E-state index in [0.29, 0.717) is 60.8 Å². The number of amides is 1. The molecule has 6 rings (SSSR count). The smallest absolute Gasteiger partial charge is 0.253 e. The molecule has 0 aromatic heterocycles. The van der Waals surface area contributed by atoms with Crippen LogP contribution < -0.4 is 5.32 Å². The van der Waals surface area contributed by atoms with Gasteiger partial charge in [-0.1, -0.05) is 67.1 Å². The van der Waals surface area contributed by atoms with Crippen LogP contribution in [-0.2, 0) is 22.7 Å². The molecule has 0 radical (unpaired) electrons. The van der Waals surface area contributed by atoms with Crippen molar-refractivity contribution in [2.75, 3.05) is 13.1 Å². The van der Waals surface area contributed by atoms with Crippen LogP contribution in [0.1, 0.15) is 83.1 Å². The Morgan fingerprint density at radius 1 is 0.976 bits per heavy atom. The number of hydrogen-bond donors (Lipinski definition) is 1. The van der Waals surface area contributed by atoms with Gasteiger partial charge in [-0.2, -0.15) is 0 Å². The molecule has 41 heavy (non-hydrogen) atoms. The summed E-state index contributed by atoms with van der Waals surface area (Å²) < 4.78 is 27.0. The summed E-state index contributed by atoms with van der Waals surface area (Å²) in [4.78, 5) is 15.8. The van der Waals surface area contributed by atoms with E-state index in [9.17, 15) is 13.2 Å². The van der Waals surface area contributed by atoms with Crippen LogP contribution >= 0.6 is 0 Å². The van der Waals surface area contributed by atoms with Gasteiger partial charge in [-0.15, -0.1) is 0 Å². The molecule has 3 aromatic carbocycles. The van der Waals surface area contributed by atoms with Gasteiger partial charge in [0.25, 0.3) is 5.91 Å². The molecule has 0 bridgehead atoms. The van der Waals surface area contributed by atoms with Crippen molar-refractivity contribution < 1.29 is 13.2 Å². The number of rotatable bonds is 5. The maximum atomic E-state index is 13.9. The molecule has 1 amide bonds. The third kappa shape index (κ3) is 5.25. The molecule has 0 aliphatic carbocycles. The van der Waals surface area contributed by atoms with Gasteiger partial charge in [0.15, 0.2) is 9.84 Å². The lowest BCUT2D eigenvalue weighted by molar-refractivity contribution is 0.0697. The summed E-state index contributed by atoms with van der Waals surface area (Å²) in [5.74, 6) is 0.485. The number of carbonyl (C=O) groups excluding carboxylic acids is 1. The molecule has 1 N–H and O–H groups in total. The lowest BCUT2D eigenvalue weighted by Gasteiger charge is -2.44. The van der Waals surface area contributed by atoms with E-state index in [1.54, 1.807) is 0 Å². The van der Waals surface area contributed by atoms with Crippen LogP contribution in [0.3, 0.4) is 0 Å². The number of nitrogens with one attached hydrogen (secondary N) is 1. The first-order valence-electron chi connectivity index (χ1n) is 15.2. The van der Waals surface area contributed by atoms with Crippen molar-refractivity contribution in [2.45, 2.75) is 93.4 Å². The fourth-order valence-electron chi connectivity index (χ4n) is 7.61. The third-order valence-corrected chi connectivity index (χ3v) is 12.9. The molecule has 2 fully saturated rings. The minimum atomic E-state index is -3.45. The Hall–Kier alpha value is -2.96. The third-order valence-electron chi connectivity index (χ3n) is 10.0. The molecule has 2 saturated heterocycles. The van der Waals surface area contributed by atoms with Crippen LogP contribution in [0.15, 0.2) is 71.6 Å². The van der Waals surface area contributed by atoms with Gasteiger partial charge in [-0.3, -0.25) is 4.79 Å². The van der Waals surface area contributed by atoms with Crippen molar-refractivity contribution in [2.24, 2.45) is 0 Å². The topological polar surface area (TPSA) is 66.5 Å². The van der Waals surface area contributed by atoms with Crippen LogP contribution in [0.5, 0.6) is 0 Å². The average molecular weight is 571 g/mol. The van der Waals surface area contributed by atoms with Crippen LogP contribution in [0.4, 0.5) is 0 Å². The Balaban J connectivity index is 1.06. The minimum absolute atomic E-state index is 0.00236. The SMILES string of the molecule is Cc1cc(C)c2c(c1)CCC1(CCN(C(=O)c3ccc(CC4CCC(C(C)c5ccccc5)N4)cc3)CC1)S2(=O)=O. The van der Waals surface area contributed by atoms with E-state index in [4.69, 9.17) is 0 Å². The van der Waals surface area contributed by atoms with Gasteiger partial charge in [0.1, 0.15) is 0 Å². The maximum Gasteiger partial charge on any atom is 0.253 e. The zero-order valence-corrected chi connectivity index (χ0v) is 25.3. The summed E-state index contributed by atoms with van der Waals surface area (Å²) in [7, 11) is -3.45. The predicted octanol–water partition coefficient (Wildman–Crippen LogP) is 6.17. The van der Waals surface area contributed by atoms with E-state index in [0.717, 1.165) is 36.0 Å². The van der Waals surface area contributed by atoms with Crippen molar-refractivity contribution in [1.29, 1.82) is 0 Å². The van der Waals surface area contributed by atoms with E-state index in [1.165, 1.54) is 17.5 Å². The number of piperidine rings is 1. The van der Waals surface area contributed by atoms with Crippen molar-refractivity contribution in [1.82, 2.24) is 10.2 Å². The summed E-state index contributed by atoms with van der Waals surface area (Å²) in [6.45, 7) is 7.20. The molecule has 3 aromatic rings. The van der Waals surface area contributed by atoms with E-state index in [-0.39, 0.29) is 5.91 Å². The van der Waals surface area contributed by atoms with Crippen molar-refractivity contribution >= 4 is 15.7 Å². The molecular formula is C35H42N2O3S. The lowest BCUT2D eigenvalue weighted by Crippen LogP contribution is -2.52. The van der Waals surface area contributed by atoms with E-state index in [2.05, 4.69) is 54.7 Å². The van der Waals surface area contributed by atoms with E-state index < -0.39 is 14.6 Å². The van der Waals surface area contributed by atoms with Crippen LogP contribution in [-0.4, -0.2) is 49.1 Å². The lowest BCUT2D eigenvalue weighted by atomic mass is 9.88. The first-order valence-corrected chi connectivity index (χ1v) is 16.7. The molecule has 5 nitrogen and oxygen atoms in total. The molecule has 1 spiro atoms. The molecule has 3 unspecified atom stereocenters. The van der Waals surface area contributed by atoms with Crippen molar-refractivity contribution in [3.8, 4) is 0 Å². The second-order valence-electron chi connectivity index (χ2n) is 12.7. The zero-order chi connectivity index (χ0) is 28.8. The fraction of sp³-hybridized carbons (Fsp3) is 0.457. The van der Waals surface area contributed by atoms with E-state index in [1.807, 2.05) is 43.0 Å². The summed E-state index contributed by atoms with van der Waals surface area (Å²) in [5, 5.41) is 3.85. The Bertz CT molecular complexity index is 1520. The number of carbonyl (C=O) groups is 1. The van der Waals surface area contributed by atoms with Gasteiger partial charge < -0.3 is 10.2 Å². The summed E-state index contributed by atoms with van der Waals surface area (Å²) in [6.07, 6.45) is 5.72. The second kappa shape index (κ2) is 11.0. The highest BCUT2D eigenvalue weighted by Gasteiger charge is 2.50. The standard InChI is InChI=1S/C35H42N2O3S/c1-24-21-25(2)33-30(22-24)15-16-35(41(33,39)40)17-19-37(20-18-35)34(38)29-11-9-27(10-12-29)23-31-13-14-32(36-31)26(3)28-7-5-4-6-8-28/h4-12,21-22,26,31-32,36H,13-20,23H2,1-3H3. The molecule has 0 saturated carbocycles. The van der Waals surface area contributed by atoms with Crippen LogP contribution in [0.2, 0.25) is 0 Å². The average Bonchev–Trinajstić information content (AvgIpc) is 3.43. The first-order chi connectivity index (χ1) is 19.7. The van der Waals surface area contributed by atoms with E-state index >= 15 is 0 Å². The molecule has 3 heterocycles. The number of fused-ring (bicyclic) bond motifs is 1. The predicted molar refractivity (Wildman–Crippen MR) is 164 cm³/mol. The molecule has 3 atom stereocenters. The molecule has 3 aliphatic rings. The summed E-state index contributed by atoms with van der Waals surface area (Å²) >= 11 is 0. The molecular weight excluding hydrogens is 528 g/mol. The quantitative estimate of drug-likeness (QED) is 0.399. The largest absolute Gasteiger partial charge is 0.339 e. The highest BCUT2D eigenvalue weighted by atomic mass is 32.2. The number of benzene rings is 3. The van der Waals surface area contributed by atoms with Crippen LogP contribution in [0, 0.1) is 13.8 Å². The van der Waals surface area contributed by atoms with Gasteiger partial charge in [0.2, 0.25) is 0 Å². The monoisotopic (exact) mass is 570 g/mol. The number of hydrogen-bond acceptors (Lipinski definition) is 4. The fourth-order valence-corrected chi connectivity index (χ4v) is 10.1. The minimum Gasteiger partial charge on any atom is -0.339 e. The molecule has 3 aliphatic heterocycles. The normalized spacial score (nSPS) is 23.7. The number of aryl methyl sites for hydroxylation is 3. The highest BCUT2D eigenvalue weighted by Crippen LogP contribution is 2.45. The number of nitrogens with zero attached hydrogens (tertiary/aromatic N) is 1. The Morgan fingerprint density at radius 3 is 2.39 bits per heavy atom. The molecule has 216 valence electrons. The Labute approximate surface area is 245 Å².